The van der Waals surface area contributed by atoms with E-state index in [2.05, 4.69) is 41.5 Å². The van der Waals surface area contributed by atoms with E-state index in [9.17, 15) is 0 Å². The maximum Gasteiger partial charge on any atom is 0.146 e. The van der Waals surface area contributed by atoms with Crippen molar-refractivity contribution in [1.29, 1.82) is 0 Å². The van der Waals surface area contributed by atoms with Gasteiger partial charge in [0, 0.05) is 6.10 Å². The van der Waals surface area contributed by atoms with Crippen LogP contribution in [0.15, 0.2) is 0 Å². The number of hydrogen-bond donors (Lipinski definition) is 0. The lowest BCUT2D eigenvalue weighted by molar-refractivity contribution is -0.157. The minimum atomic E-state index is 0.411. The van der Waals surface area contributed by atoms with Gasteiger partial charge in [-0.15, -0.1) is 0 Å². The Morgan fingerprint density at radius 2 is 1.86 bits per heavy atom. The van der Waals surface area contributed by atoms with Crippen molar-refractivity contribution in [3.8, 4) is 0 Å². The molecular formula is C20H40OSi. The van der Waals surface area contributed by atoms with Crippen molar-refractivity contribution in [1.82, 2.24) is 0 Å². The molecule has 0 aromatic rings. The van der Waals surface area contributed by atoms with E-state index in [0.29, 0.717) is 16.9 Å². The quantitative estimate of drug-likeness (QED) is 0.649. The maximum absolute atomic E-state index is 6.21. The third-order valence-electron chi connectivity index (χ3n) is 7.79. The number of hydrogen-bond acceptors (Lipinski definition) is 1. The van der Waals surface area contributed by atoms with Gasteiger partial charge >= 0.3 is 0 Å². The molecule has 2 aliphatic carbocycles. The molecule has 0 N–H and O–H groups in total. The van der Waals surface area contributed by atoms with Gasteiger partial charge in [0.05, 0.1) is 0 Å². The first-order chi connectivity index (χ1) is 10.3. The predicted molar refractivity (Wildman–Crippen MR) is 100 cm³/mol. The lowest BCUT2D eigenvalue weighted by Gasteiger charge is -2.62. The molecule has 2 saturated carbocycles. The van der Waals surface area contributed by atoms with Crippen LogP contribution in [0.3, 0.4) is 0 Å². The first-order valence-electron chi connectivity index (χ1n) is 9.80. The van der Waals surface area contributed by atoms with E-state index in [4.69, 9.17) is 4.43 Å². The highest BCUT2D eigenvalue weighted by Gasteiger charge is 2.57. The fourth-order valence-corrected chi connectivity index (χ4v) is 6.88. The van der Waals surface area contributed by atoms with E-state index in [-0.39, 0.29) is 0 Å². The van der Waals surface area contributed by atoms with Crippen molar-refractivity contribution < 1.29 is 4.43 Å². The van der Waals surface area contributed by atoms with Crippen LogP contribution in [0.1, 0.15) is 86.5 Å². The highest BCUT2D eigenvalue weighted by atomic mass is 28.2. The summed E-state index contributed by atoms with van der Waals surface area (Å²) in [5.74, 6) is 3.46. The fourth-order valence-electron chi connectivity index (χ4n) is 6.13. The van der Waals surface area contributed by atoms with E-state index < -0.39 is 0 Å². The molecule has 0 aliphatic heterocycles. The molecule has 0 heterocycles. The molecule has 1 nitrogen and oxygen atoms in total. The summed E-state index contributed by atoms with van der Waals surface area (Å²) < 4.78 is 6.21. The zero-order valence-electron chi connectivity index (χ0n) is 16.2. The number of fused-ring (bicyclic) bond motifs is 1. The Bertz CT molecular complexity index is 367. The summed E-state index contributed by atoms with van der Waals surface area (Å²) >= 11 is 0. The molecule has 0 amide bonds. The molecule has 130 valence electrons. The minimum Gasteiger partial charge on any atom is -0.424 e. The summed E-state index contributed by atoms with van der Waals surface area (Å²) in [4.78, 5) is 0. The lowest BCUT2D eigenvalue weighted by atomic mass is 9.45. The van der Waals surface area contributed by atoms with Crippen molar-refractivity contribution in [2.24, 2.45) is 34.5 Å². The Hall–Kier alpha value is 0.177. The molecule has 0 unspecified atom stereocenters. The van der Waals surface area contributed by atoms with Crippen LogP contribution in [0.2, 0.25) is 0 Å². The van der Waals surface area contributed by atoms with Gasteiger partial charge in [-0.05, 0) is 60.2 Å². The molecule has 0 spiro atoms. The summed E-state index contributed by atoms with van der Waals surface area (Å²) in [6.45, 7) is 15.0. The first kappa shape index (κ1) is 18.5. The van der Waals surface area contributed by atoms with E-state index in [1.54, 1.807) is 0 Å². The Labute approximate surface area is 142 Å². The molecular weight excluding hydrogens is 284 g/mol. The first-order valence-corrected chi connectivity index (χ1v) is 10.6. The largest absolute Gasteiger partial charge is 0.424 e. The monoisotopic (exact) mass is 324 g/mol. The van der Waals surface area contributed by atoms with Crippen molar-refractivity contribution in [3.63, 3.8) is 0 Å². The molecule has 0 saturated heterocycles. The van der Waals surface area contributed by atoms with Crippen molar-refractivity contribution in [3.05, 3.63) is 0 Å². The van der Waals surface area contributed by atoms with Crippen molar-refractivity contribution >= 4 is 10.5 Å². The molecule has 2 aliphatic rings. The van der Waals surface area contributed by atoms with Crippen LogP contribution in [0.4, 0.5) is 0 Å². The van der Waals surface area contributed by atoms with Gasteiger partial charge in [0.25, 0.3) is 0 Å². The number of rotatable bonds is 5. The van der Waals surface area contributed by atoms with Crippen LogP contribution in [0.5, 0.6) is 0 Å². The average Bonchev–Trinajstić information content (AvgIpc) is 2.45. The van der Waals surface area contributed by atoms with Crippen molar-refractivity contribution in [2.75, 3.05) is 0 Å². The van der Waals surface area contributed by atoms with E-state index >= 15 is 0 Å². The molecule has 2 heteroatoms. The van der Waals surface area contributed by atoms with Crippen LogP contribution in [0, 0.1) is 34.5 Å². The molecule has 6 atom stereocenters. The Morgan fingerprint density at radius 1 is 1.18 bits per heavy atom. The molecule has 0 radical (unpaired) electrons. The van der Waals surface area contributed by atoms with Crippen LogP contribution in [0.25, 0.3) is 0 Å². The van der Waals surface area contributed by atoms with Crippen LogP contribution in [-0.4, -0.2) is 16.6 Å². The van der Waals surface area contributed by atoms with Gasteiger partial charge < -0.3 is 4.43 Å². The third-order valence-corrected chi connectivity index (χ3v) is 8.36. The smallest absolute Gasteiger partial charge is 0.146 e. The summed E-state index contributed by atoms with van der Waals surface area (Å²) in [5.41, 5.74) is 0.911. The molecule has 0 aromatic heterocycles. The SMILES string of the molecule is CC[C@@H](C)CC[C@H]1[C@@H](C)CC[C@H]2C(C)(C)CC[C@H](O[SiH3])[C@]12C. The second-order valence-corrected chi connectivity index (χ2v) is 9.89. The molecule has 22 heavy (non-hydrogen) atoms. The van der Waals surface area contributed by atoms with Gasteiger partial charge in [-0.1, -0.05) is 60.8 Å². The average molecular weight is 325 g/mol. The van der Waals surface area contributed by atoms with E-state index in [1.165, 1.54) is 44.9 Å². The Morgan fingerprint density at radius 3 is 2.45 bits per heavy atom. The van der Waals surface area contributed by atoms with Gasteiger partial charge in [-0.2, -0.15) is 0 Å². The Balaban J connectivity index is 2.28. The highest BCUT2D eigenvalue weighted by molar-refractivity contribution is 5.98. The molecule has 2 rings (SSSR count). The third kappa shape index (κ3) is 3.20. The van der Waals surface area contributed by atoms with Crippen LogP contribution < -0.4 is 0 Å². The van der Waals surface area contributed by atoms with Gasteiger partial charge in [-0.25, -0.2) is 0 Å². The highest BCUT2D eigenvalue weighted by Crippen LogP contribution is 2.62. The molecule has 2 fully saturated rings. The normalized spacial score (nSPS) is 42.8. The summed E-state index contributed by atoms with van der Waals surface area (Å²) in [6.07, 6.45) is 10.2. The fraction of sp³-hybridized carbons (Fsp3) is 1.00. The summed E-state index contributed by atoms with van der Waals surface area (Å²) in [5, 5.41) is 0. The van der Waals surface area contributed by atoms with Crippen LogP contribution >= 0.6 is 0 Å². The molecule has 0 bridgehead atoms. The zero-order valence-corrected chi connectivity index (χ0v) is 18.2. The van der Waals surface area contributed by atoms with Gasteiger partial charge in [0.2, 0.25) is 0 Å². The Kier molecular flexibility index (Phi) is 5.86. The predicted octanol–water partition coefficient (Wildman–Crippen LogP) is 4.97. The van der Waals surface area contributed by atoms with E-state index in [0.717, 1.165) is 34.2 Å². The van der Waals surface area contributed by atoms with Crippen LogP contribution in [-0.2, 0) is 4.43 Å². The lowest BCUT2D eigenvalue weighted by Crippen LogP contribution is -2.58. The van der Waals surface area contributed by atoms with E-state index in [1.807, 2.05) is 0 Å². The second kappa shape index (κ2) is 6.97. The zero-order chi connectivity index (χ0) is 16.5. The second-order valence-electron chi connectivity index (χ2n) is 9.42. The van der Waals surface area contributed by atoms with Gasteiger partial charge in [-0.3, -0.25) is 0 Å². The topological polar surface area (TPSA) is 9.23 Å². The van der Waals surface area contributed by atoms with Gasteiger partial charge in [0.15, 0.2) is 0 Å². The van der Waals surface area contributed by atoms with Crippen molar-refractivity contribution in [2.45, 2.75) is 92.6 Å². The van der Waals surface area contributed by atoms with Gasteiger partial charge in [0.1, 0.15) is 10.5 Å². The molecule has 0 aromatic carbocycles. The summed E-state index contributed by atoms with van der Waals surface area (Å²) in [6, 6.07) is 0. The maximum atomic E-state index is 6.21. The summed E-state index contributed by atoms with van der Waals surface area (Å²) in [7, 11) is 0.894. The minimum absolute atomic E-state index is 0.411. The standard InChI is InChI=1S/C20H40OSi/c1-7-14(2)8-10-16-15(3)9-11-17-19(4,5)13-12-18(21-22)20(16,17)6/h14-18H,7-13H2,1-6,22H3/t14-,15+,16+,17+,18+,20-/m1/s1.